The molecular formula is C14H20O. The van der Waals surface area contributed by atoms with Gasteiger partial charge in [0.25, 0.3) is 0 Å². The van der Waals surface area contributed by atoms with Gasteiger partial charge in [0.2, 0.25) is 0 Å². The Morgan fingerprint density at radius 1 is 1.27 bits per heavy atom. The highest BCUT2D eigenvalue weighted by Crippen LogP contribution is 2.24. The van der Waals surface area contributed by atoms with Gasteiger partial charge >= 0.3 is 0 Å². The lowest BCUT2D eigenvalue weighted by atomic mass is 9.92. The molecule has 0 saturated heterocycles. The molecule has 0 fully saturated rings. The third-order valence-electron chi connectivity index (χ3n) is 2.83. The molecular weight excluding hydrogens is 184 g/mol. The van der Waals surface area contributed by atoms with Crippen LogP contribution in [0.2, 0.25) is 0 Å². The van der Waals surface area contributed by atoms with Gasteiger partial charge in [-0.15, -0.1) is 6.58 Å². The van der Waals surface area contributed by atoms with Crippen LogP contribution in [0.4, 0.5) is 0 Å². The molecule has 1 nitrogen and oxygen atoms in total. The Bertz CT molecular complexity index is 298. The lowest BCUT2D eigenvalue weighted by Crippen LogP contribution is -1.97. The summed E-state index contributed by atoms with van der Waals surface area (Å²) in [5.41, 5.74) is 2.31. The fourth-order valence-corrected chi connectivity index (χ4v) is 1.79. The van der Waals surface area contributed by atoms with E-state index in [4.69, 9.17) is 0 Å². The molecule has 1 heteroatoms. The number of hydrogen-bond acceptors (Lipinski definition) is 1. The second-order valence-electron chi connectivity index (χ2n) is 3.97. The summed E-state index contributed by atoms with van der Waals surface area (Å²) in [6.45, 7) is 7.76. The molecule has 1 aromatic rings. The summed E-state index contributed by atoms with van der Waals surface area (Å²) in [6.07, 6.45) is 3.74. The highest BCUT2D eigenvalue weighted by Gasteiger charge is 2.08. The molecule has 0 bridgehead atoms. The Hall–Kier alpha value is -1.08. The van der Waals surface area contributed by atoms with Crippen LogP contribution in [0, 0.1) is 0 Å². The van der Waals surface area contributed by atoms with E-state index in [9.17, 15) is 5.11 Å². The average molecular weight is 204 g/mol. The highest BCUT2D eigenvalue weighted by molar-refractivity contribution is 5.26. The molecule has 0 spiro atoms. The van der Waals surface area contributed by atoms with Crippen LogP contribution in [0.25, 0.3) is 0 Å². The third kappa shape index (κ3) is 3.21. The lowest BCUT2D eigenvalue weighted by Gasteiger charge is -2.14. The number of aliphatic hydroxyl groups is 1. The van der Waals surface area contributed by atoms with E-state index >= 15 is 0 Å². The van der Waals surface area contributed by atoms with Gasteiger partial charge in [0.1, 0.15) is 0 Å². The van der Waals surface area contributed by atoms with E-state index in [0.29, 0.717) is 5.92 Å². The van der Waals surface area contributed by atoms with E-state index in [0.717, 1.165) is 18.4 Å². The van der Waals surface area contributed by atoms with Crippen LogP contribution in [0.15, 0.2) is 36.9 Å². The quantitative estimate of drug-likeness (QED) is 0.723. The summed E-state index contributed by atoms with van der Waals surface area (Å²) in [5, 5.41) is 9.40. The fourth-order valence-electron chi connectivity index (χ4n) is 1.79. The average Bonchev–Trinajstić information content (AvgIpc) is 2.26. The summed E-state index contributed by atoms with van der Waals surface area (Å²) in [6, 6.07) is 8.23. The van der Waals surface area contributed by atoms with E-state index < -0.39 is 0 Å². The summed E-state index contributed by atoms with van der Waals surface area (Å²) in [4.78, 5) is 0. The predicted molar refractivity (Wildman–Crippen MR) is 64.9 cm³/mol. The van der Waals surface area contributed by atoms with Crippen LogP contribution in [0.5, 0.6) is 0 Å². The van der Waals surface area contributed by atoms with E-state index in [2.05, 4.69) is 25.6 Å². The van der Waals surface area contributed by atoms with Gasteiger partial charge in [-0.05, 0) is 36.8 Å². The molecule has 2 atom stereocenters. The van der Waals surface area contributed by atoms with E-state index in [1.165, 1.54) is 5.56 Å². The first-order chi connectivity index (χ1) is 7.19. The summed E-state index contributed by atoms with van der Waals surface area (Å²) >= 11 is 0. The Labute approximate surface area is 92.5 Å². The van der Waals surface area contributed by atoms with Crippen molar-refractivity contribution >= 4 is 0 Å². The van der Waals surface area contributed by atoms with E-state index in [1.54, 1.807) is 6.92 Å². The zero-order valence-corrected chi connectivity index (χ0v) is 9.61. The molecule has 0 aromatic heterocycles. The molecule has 0 aliphatic carbocycles. The van der Waals surface area contributed by atoms with Gasteiger partial charge in [0, 0.05) is 0 Å². The molecule has 15 heavy (non-hydrogen) atoms. The normalized spacial score (nSPS) is 14.6. The maximum atomic E-state index is 9.40. The van der Waals surface area contributed by atoms with Crippen molar-refractivity contribution in [3.05, 3.63) is 48.0 Å². The standard InChI is InChI=1S/C14H20O/c1-4-6-12(5-2)14-9-7-13(8-10-14)11(3)15/h4,7-12,15H,1,5-6H2,2-3H3. The molecule has 0 amide bonds. The molecule has 0 saturated carbocycles. The van der Waals surface area contributed by atoms with Crippen LogP contribution in [-0.2, 0) is 0 Å². The monoisotopic (exact) mass is 204 g/mol. The van der Waals surface area contributed by atoms with Crippen molar-refractivity contribution in [2.75, 3.05) is 0 Å². The molecule has 0 aliphatic heterocycles. The first-order valence-corrected chi connectivity index (χ1v) is 5.57. The van der Waals surface area contributed by atoms with Gasteiger partial charge in [-0.3, -0.25) is 0 Å². The summed E-state index contributed by atoms with van der Waals surface area (Å²) in [5.74, 6) is 0.561. The molecule has 0 radical (unpaired) electrons. The fraction of sp³-hybridized carbons (Fsp3) is 0.429. The minimum Gasteiger partial charge on any atom is -0.389 e. The highest BCUT2D eigenvalue weighted by atomic mass is 16.3. The van der Waals surface area contributed by atoms with Crippen molar-refractivity contribution < 1.29 is 5.11 Å². The second-order valence-corrected chi connectivity index (χ2v) is 3.97. The molecule has 82 valence electrons. The topological polar surface area (TPSA) is 20.2 Å². The number of rotatable bonds is 5. The Balaban J connectivity index is 2.81. The molecule has 0 heterocycles. The van der Waals surface area contributed by atoms with Crippen molar-refractivity contribution in [3.8, 4) is 0 Å². The van der Waals surface area contributed by atoms with Gasteiger partial charge in [0.15, 0.2) is 0 Å². The maximum absolute atomic E-state index is 9.40. The Morgan fingerprint density at radius 3 is 2.20 bits per heavy atom. The van der Waals surface area contributed by atoms with Crippen LogP contribution in [-0.4, -0.2) is 5.11 Å². The molecule has 1 rings (SSSR count). The van der Waals surface area contributed by atoms with Gasteiger partial charge < -0.3 is 5.11 Å². The predicted octanol–water partition coefficient (Wildman–Crippen LogP) is 3.81. The Kier molecular flexibility index (Phi) is 4.57. The SMILES string of the molecule is C=CCC(CC)c1ccc(C(C)O)cc1. The first-order valence-electron chi connectivity index (χ1n) is 5.57. The van der Waals surface area contributed by atoms with Crippen molar-refractivity contribution in [1.29, 1.82) is 0 Å². The minimum atomic E-state index is -0.376. The second kappa shape index (κ2) is 5.72. The van der Waals surface area contributed by atoms with E-state index in [-0.39, 0.29) is 6.10 Å². The number of benzene rings is 1. The van der Waals surface area contributed by atoms with Crippen LogP contribution >= 0.6 is 0 Å². The van der Waals surface area contributed by atoms with Crippen molar-refractivity contribution in [1.82, 2.24) is 0 Å². The van der Waals surface area contributed by atoms with Gasteiger partial charge in [-0.1, -0.05) is 37.3 Å². The molecule has 1 N–H and O–H groups in total. The molecule has 0 aliphatic rings. The maximum Gasteiger partial charge on any atom is 0.0761 e. The lowest BCUT2D eigenvalue weighted by molar-refractivity contribution is 0.199. The molecule has 2 unspecified atom stereocenters. The smallest absolute Gasteiger partial charge is 0.0761 e. The zero-order valence-electron chi connectivity index (χ0n) is 9.61. The van der Waals surface area contributed by atoms with Gasteiger partial charge in [-0.25, -0.2) is 0 Å². The van der Waals surface area contributed by atoms with E-state index in [1.807, 2.05) is 18.2 Å². The van der Waals surface area contributed by atoms with Crippen molar-refractivity contribution in [3.63, 3.8) is 0 Å². The summed E-state index contributed by atoms with van der Waals surface area (Å²) < 4.78 is 0. The minimum absolute atomic E-state index is 0.376. The van der Waals surface area contributed by atoms with Crippen molar-refractivity contribution in [2.45, 2.75) is 38.7 Å². The zero-order chi connectivity index (χ0) is 11.3. The first kappa shape index (κ1) is 12.0. The number of hydrogen-bond donors (Lipinski definition) is 1. The largest absolute Gasteiger partial charge is 0.389 e. The number of allylic oxidation sites excluding steroid dienone is 1. The van der Waals surface area contributed by atoms with Gasteiger partial charge in [0.05, 0.1) is 6.10 Å². The van der Waals surface area contributed by atoms with Gasteiger partial charge in [-0.2, -0.15) is 0 Å². The van der Waals surface area contributed by atoms with Crippen LogP contribution in [0.3, 0.4) is 0 Å². The Morgan fingerprint density at radius 2 is 1.80 bits per heavy atom. The number of aliphatic hydroxyl groups excluding tert-OH is 1. The third-order valence-corrected chi connectivity index (χ3v) is 2.83. The van der Waals surface area contributed by atoms with Crippen LogP contribution in [0.1, 0.15) is 49.8 Å². The molecule has 1 aromatic carbocycles. The van der Waals surface area contributed by atoms with Crippen LogP contribution < -0.4 is 0 Å². The van der Waals surface area contributed by atoms with Crippen molar-refractivity contribution in [2.24, 2.45) is 0 Å². The summed E-state index contributed by atoms with van der Waals surface area (Å²) in [7, 11) is 0.